The van der Waals surface area contributed by atoms with Gasteiger partial charge in [-0.1, -0.05) is 35.3 Å². The summed E-state index contributed by atoms with van der Waals surface area (Å²) < 4.78 is 0. The molecule has 88 valence electrons. The van der Waals surface area contributed by atoms with Crippen LogP contribution in [0.1, 0.15) is 0 Å². The number of fused-ring (bicyclic) bond motifs is 1. The summed E-state index contributed by atoms with van der Waals surface area (Å²) in [6.45, 7) is 0. The van der Waals surface area contributed by atoms with Crippen LogP contribution in [0.4, 0.5) is 0 Å². The smallest absolute Gasteiger partial charge is 0.161 e. The summed E-state index contributed by atoms with van der Waals surface area (Å²) in [6.07, 6.45) is 1.62. The first-order valence-corrected chi connectivity index (χ1v) is 6.04. The third-order valence-electron chi connectivity index (χ3n) is 2.54. The third-order valence-corrected chi connectivity index (χ3v) is 3.04. The Bertz CT molecular complexity index is 728. The summed E-state index contributed by atoms with van der Waals surface area (Å²) in [6, 6.07) is 11.1. The van der Waals surface area contributed by atoms with Crippen LogP contribution >= 0.6 is 23.2 Å². The minimum atomic E-state index is 0.403. The Morgan fingerprint density at radius 3 is 2.61 bits per heavy atom. The van der Waals surface area contributed by atoms with E-state index in [1.54, 1.807) is 18.3 Å². The van der Waals surface area contributed by atoms with Crippen molar-refractivity contribution in [1.82, 2.24) is 15.0 Å². The maximum absolute atomic E-state index is 6.15. The van der Waals surface area contributed by atoms with Crippen LogP contribution in [-0.2, 0) is 0 Å². The zero-order chi connectivity index (χ0) is 12.5. The molecule has 0 aliphatic carbocycles. The van der Waals surface area contributed by atoms with Gasteiger partial charge in [-0.05, 0) is 24.3 Å². The van der Waals surface area contributed by atoms with Gasteiger partial charge in [-0.15, -0.1) is 0 Å². The second kappa shape index (κ2) is 4.52. The van der Waals surface area contributed by atoms with E-state index in [0.717, 1.165) is 16.5 Å². The van der Waals surface area contributed by atoms with Crippen LogP contribution in [0.2, 0.25) is 10.3 Å². The molecular weight excluding hydrogens is 269 g/mol. The van der Waals surface area contributed by atoms with Crippen LogP contribution in [0.5, 0.6) is 0 Å². The van der Waals surface area contributed by atoms with Crippen molar-refractivity contribution < 1.29 is 0 Å². The lowest BCUT2D eigenvalue weighted by atomic mass is 10.2. The van der Waals surface area contributed by atoms with Gasteiger partial charge in [0.25, 0.3) is 0 Å². The molecule has 0 aliphatic heterocycles. The van der Waals surface area contributed by atoms with E-state index in [0.29, 0.717) is 16.1 Å². The molecule has 3 aromatic rings. The molecule has 0 atom stereocenters. The molecule has 1 aromatic carbocycles. The number of rotatable bonds is 1. The molecule has 5 heteroatoms. The van der Waals surface area contributed by atoms with E-state index in [1.165, 1.54) is 0 Å². The van der Waals surface area contributed by atoms with E-state index in [2.05, 4.69) is 15.0 Å². The third kappa shape index (κ3) is 2.03. The second-order valence-corrected chi connectivity index (χ2v) is 4.47. The average molecular weight is 276 g/mol. The summed E-state index contributed by atoms with van der Waals surface area (Å²) >= 11 is 12.0. The van der Waals surface area contributed by atoms with Crippen molar-refractivity contribution in [2.24, 2.45) is 0 Å². The van der Waals surface area contributed by atoms with E-state index in [1.807, 2.05) is 24.3 Å². The highest BCUT2D eigenvalue weighted by Crippen LogP contribution is 2.25. The molecule has 0 aliphatic rings. The van der Waals surface area contributed by atoms with Crippen LogP contribution in [0, 0.1) is 0 Å². The fraction of sp³-hybridized carbons (Fsp3) is 0. The normalized spacial score (nSPS) is 10.8. The summed E-state index contributed by atoms with van der Waals surface area (Å²) in [5.74, 6) is 0.544. The van der Waals surface area contributed by atoms with Gasteiger partial charge in [0.2, 0.25) is 0 Å². The van der Waals surface area contributed by atoms with Crippen LogP contribution in [0.25, 0.3) is 22.3 Å². The van der Waals surface area contributed by atoms with Crippen molar-refractivity contribution in [1.29, 1.82) is 0 Å². The number of pyridine rings is 1. The summed E-state index contributed by atoms with van der Waals surface area (Å²) in [4.78, 5) is 12.7. The Kier molecular flexibility index (Phi) is 2.86. The van der Waals surface area contributed by atoms with Crippen molar-refractivity contribution in [3.05, 3.63) is 52.9 Å². The minimum Gasteiger partial charge on any atom is -0.245 e. The quantitative estimate of drug-likeness (QED) is 0.498. The topological polar surface area (TPSA) is 38.7 Å². The maximum Gasteiger partial charge on any atom is 0.161 e. The van der Waals surface area contributed by atoms with Gasteiger partial charge in [0.1, 0.15) is 10.3 Å². The van der Waals surface area contributed by atoms with Gasteiger partial charge >= 0.3 is 0 Å². The van der Waals surface area contributed by atoms with E-state index in [4.69, 9.17) is 23.2 Å². The van der Waals surface area contributed by atoms with E-state index in [9.17, 15) is 0 Å². The molecule has 0 bridgehead atoms. The van der Waals surface area contributed by atoms with Gasteiger partial charge in [0, 0.05) is 17.1 Å². The number of hydrogen-bond donors (Lipinski definition) is 0. The lowest BCUT2D eigenvalue weighted by Crippen LogP contribution is -1.92. The summed E-state index contributed by atoms with van der Waals surface area (Å²) in [5.41, 5.74) is 1.60. The lowest BCUT2D eigenvalue weighted by Gasteiger charge is -2.04. The van der Waals surface area contributed by atoms with Crippen LogP contribution < -0.4 is 0 Å². The molecule has 3 rings (SSSR count). The Labute approximate surface area is 113 Å². The molecule has 0 amide bonds. The zero-order valence-corrected chi connectivity index (χ0v) is 10.7. The monoisotopic (exact) mass is 275 g/mol. The van der Waals surface area contributed by atoms with E-state index >= 15 is 0 Å². The fourth-order valence-electron chi connectivity index (χ4n) is 1.71. The van der Waals surface area contributed by atoms with E-state index in [-0.39, 0.29) is 0 Å². The van der Waals surface area contributed by atoms with Gasteiger partial charge in [-0.3, -0.25) is 0 Å². The first-order chi connectivity index (χ1) is 8.74. The summed E-state index contributed by atoms with van der Waals surface area (Å²) in [7, 11) is 0. The largest absolute Gasteiger partial charge is 0.245 e. The molecule has 0 radical (unpaired) electrons. The van der Waals surface area contributed by atoms with Crippen molar-refractivity contribution >= 4 is 34.1 Å². The van der Waals surface area contributed by atoms with Crippen LogP contribution in [-0.4, -0.2) is 15.0 Å². The van der Waals surface area contributed by atoms with Gasteiger partial charge in [0.05, 0.1) is 5.52 Å². The van der Waals surface area contributed by atoms with Gasteiger partial charge in [-0.2, -0.15) is 0 Å². The number of para-hydroxylation sites is 1. The molecule has 0 fully saturated rings. The van der Waals surface area contributed by atoms with Crippen LogP contribution in [0.3, 0.4) is 0 Å². The number of nitrogens with zero attached hydrogens (tertiary/aromatic N) is 3. The number of aromatic nitrogens is 3. The molecular formula is C13H7Cl2N3. The first-order valence-electron chi connectivity index (χ1n) is 5.28. The van der Waals surface area contributed by atoms with E-state index < -0.39 is 0 Å². The van der Waals surface area contributed by atoms with Gasteiger partial charge in [0.15, 0.2) is 5.82 Å². The maximum atomic E-state index is 6.15. The molecule has 18 heavy (non-hydrogen) atoms. The zero-order valence-electron chi connectivity index (χ0n) is 9.14. The van der Waals surface area contributed by atoms with Crippen LogP contribution in [0.15, 0.2) is 42.6 Å². The predicted molar refractivity (Wildman–Crippen MR) is 72.8 cm³/mol. The molecule has 0 N–H and O–H groups in total. The highest BCUT2D eigenvalue weighted by molar-refractivity contribution is 6.34. The number of hydrogen-bond acceptors (Lipinski definition) is 3. The standard InChI is InChI=1S/C13H7Cl2N3/c14-11-7-8(5-6-16-11)13-17-10-4-2-1-3-9(10)12(15)18-13/h1-7H. The SMILES string of the molecule is Clc1cc(-c2nc(Cl)c3ccccc3n2)ccn1. The van der Waals surface area contributed by atoms with Gasteiger partial charge < -0.3 is 0 Å². The minimum absolute atomic E-state index is 0.403. The average Bonchev–Trinajstić information content (AvgIpc) is 2.39. The second-order valence-electron chi connectivity index (χ2n) is 3.72. The molecule has 0 saturated carbocycles. The summed E-state index contributed by atoms with van der Waals surface area (Å²) in [5, 5.41) is 1.67. The molecule has 0 spiro atoms. The molecule has 0 unspecified atom stereocenters. The Hall–Kier alpha value is -1.71. The van der Waals surface area contributed by atoms with Crippen molar-refractivity contribution in [3.63, 3.8) is 0 Å². The van der Waals surface area contributed by atoms with Gasteiger partial charge in [-0.25, -0.2) is 15.0 Å². The highest BCUT2D eigenvalue weighted by atomic mass is 35.5. The molecule has 3 nitrogen and oxygen atoms in total. The predicted octanol–water partition coefficient (Wildman–Crippen LogP) is 4.00. The number of halogens is 2. The number of benzene rings is 1. The Morgan fingerprint density at radius 1 is 0.944 bits per heavy atom. The molecule has 0 saturated heterocycles. The molecule has 2 heterocycles. The van der Waals surface area contributed by atoms with Crippen molar-refractivity contribution in [3.8, 4) is 11.4 Å². The highest BCUT2D eigenvalue weighted by Gasteiger charge is 2.07. The lowest BCUT2D eigenvalue weighted by molar-refractivity contribution is 1.21. The Balaban J connectivity index is 2.24. The van der Waals surface area contributed by atoms with Crippen molar-refractivity contribution in [2.45, 2.75) is 0 Å². The fourth-order valence-corrected chi connectivity index (χ4v) is 2.12. The molecule has 2 aromatic heterocycles. The van der Waals surface area contributed by atoms with Crippen molar-refractivity contribution in [2.75, 3.05) is 0 Å². The Morgan fingerprint density at radius 2 is 1.78 bits per heavy atom. The first kappa shape index (κ1) is 11.4.